The molecule has 2 aliphatic rings. The van der Waals surface area contributed by atoms with E-state index >= 15 is 4.39 Å². The lowest BCUT2D eigenvalue weighted by molar-refractivity contribution is -0.0707. The number of halogens is 1. The van der Waals surface area contributed by atoms with E-state index in [-0.39, 0.29) is 30.7 Å². The highest BCUT2D eigenvalue weighted by Crippen LogP contribution is 2.59. The quantitative estimate of drug-likeness (QED) is 0.501. The number of hydrogen-bond donors (Lipinski definition) is 1. The number of methoxy groups -OCH3 is 1. The van der Waals surface area contributed by atoms with Crippen LogP contribution in [-0.4, -0.2) is 57.7 Å². The molecule has 2 aromatic heterocycles. The molecule has 0 aliphatic carbocycles. The molecule has 2 aromatic rings. The molecule has 2 fully saturated rings. The molecular weight excluding hydrogens is 420 g/mol. The summed E-state index contributed by atoms with van der Waals surface area (Å²) in [5, 5.41) is 0. The normalized spacial score (nSPS) is 33.7. The molecule has 13 heteroatoms. The molecule has 5 atom stereocenters. The van der Waals surface area contributed by atoms with Crippen molar-refractivity contribution >= 4 is 24.9 Å². The highest BCUT2D eigenvalue weighted by molar-refractivity contribution is 7.48. The van der Waals surface area contributed by atoms with Crippen LogP contribution in [0.25, 0.3) is 11.2 Å². The Bertz CT molecular complexity index is 972. The molecule has 11 nitrogen and oxygen atoms in total. The number of nitrogen functional groups attached to an aromatic ring is 1. The van der Waals surface area contributed by atoms with Gasteiger partial charge in [-0.2, -0.15) is 9.97 Å². The van der Waals surface area contributed by atoms with Crippen LogP contribution >= 0.6 is 7.82 Å². The molecule has 1 unspecified atom stereocenters. The van der Waals surface area contributed by atoms with E-state index in [0.717, 1.165) is 12.8 Å². The van der Waals surface area contributed by atoms with Crippen molar-refractivity contribution in [3.63, 3.8) is 0 Å². The van der Waals surface area contributed by atoms with E-state index in [0.29, 0.717) is 11.9 Å². The first-order chi connectivity index (χ1) is 14.3. The number of phosphoric ester groups is 1. The Balaban J connectivity index is 1.59. The lowest BCUT2D eigenvalue weighted by Crippen LogP contribution is -2.44. The number of hydrogen-bond acceptors (Lipinski definition) is 10. The van der Waals surface area contributed by atoms with Gasteiger partial charge in [-0.05, 0) is 13.3 Å². The van der Waals surface area contributed by atoms with Crippen LogP contribution in [0.5, 0.6) is 5.88 Å². The summed E-state index contributed by atoms with van der Waals surface area (Å²) in [6.07, 6.45) is 0.847. The monoisotopic (exact) mass is 445 g/mol. The van der Waals surface area contributed by atoms with Gasteiger partial charge in [0.25, 0.3) is 0 Å². The number of fused-ring (bicyclic) bond motifs is 2. The van der Waals surface area contributed by atoms with Gasteiger partial charge in [-0.3, -0.25) is 18.1 Å². The fourth-order valence-corrected chi connectivity index (χ4v) is 5.16. The van der Waals surface area contributed by atoms with Crippen LogP contribution in [0.1, 0.15) is 39.3 Å². The van der Waals surface area contributed by atoms with Crippen LogP contribution in [0.15, 0.2) is 6.33 Å². The first-order valence-electron chi connectivity index (χ1n) is 9.75. The zero-order chi connectivity index (χ0) is 21.5. The Kier molecular flexibility index (Phi) is 5.71. The van der Waals surface area contributed by atoms with Crippen molar-refractivity contribution in [1.82, 2.24) is 19.5 Å². The van der Waals surface area contributed by atoms with Crippen LogP contribution in [-0.2, 0) is 22.9 Å². The Morgan fingerprint density at radius 3 is 2.97 bits per heavy atom. The molecular formula is C17H25FN5O6P. The number of phosphoric acid groups is 1. The van der Waals surface area contributed by atoms with Gasteiger partial charge in [0.2, 0.25) is 11.8 Å². The smallest absolute Gasteiger partial charge is 0.475 e. The maximum atomic E-state index is 15.9. The molecule has 0 aromatic carbocycles. The number of nitrogens with two attached hydrogens (primary N) is 1. The van der Waals surface area contributed by atoms with Crippen molar-refractivity contribution in [1.29, 1.82) is 0 Å². The second-order valence-corrected chi connectivity index (χ2v) is 9.02. The number of rotatable bonds is 7. The Morgan fingerprint density at radius 2 is 2.23 bits per heavy atom. The zero-order valence-corrected chi connectivity index (χ0v) is 17.9. The standard InChI is InChI=1S/C17H25FN5O6P/c1-4-5-6-7-26-30(24)27-8-10-12(29-30)17(2,18)15(28-10)23-9-20-11-13(23)21-16(19)22-14(11)25-3/h9-10,12,15H,4-8H2,1-3H3,(H2,19,21,22)/t10-,12-,15-,17-,30?/m1/s1. The molecule has 0 amide bonds. The summed E-state index contributed by atoms with van der Waals surface area (Å²) >= 11 is 0. The second kappa shape index (κ2) is 8.01. The van der Waals surface area contributed by atoms with E-state index in [1.807, 2.05) is 6.92 Å². The van der Waals surface area contributed by atoms with Gasteiger partial charge in [0.05, 0.1) is 26.7 Å². The number of aromatic nitrogens is 4. The molecule has 4 rings (SSSR count). The summed E-state index contributed by atoms with van der Waals surface area (Å²) in [5.74, 6) is 0.110. The maximum Gasteiger partial charge on any atom is 0.475 e. The molecule has 2 saturated heterocycles. The van der Waals surface area contributed by atoms with Crippen molar-refractivity contribution in [2.45, 2.75) is 57.2 Å². The van der Waals surface area contributed by atoms with E-state index < -0.39 is 31.9 Å². The highest BCUT2D eigenvalue weighted by Gasteiger charge is 2.61. The molecule has 0 bridgehead atoms. The molecule has 0 saturated carbocycles. The zero-order valence-electron chi connectivity index (χ0n) is 17.0. The third-order valence-electron chi connectivity index (χ3n) is 5.17. The molecule has 2 aliphatic heterocycles. The average Bonchev–Trinajstić information content (AvgIpc) is 3.23. The third kappa shape index (κ3) is 3.67. The van der Waals surface area contributed by atoms with Crippen LogP contribution in [0.4, 0.5) is 10.3 Å². The van der Waals surface area contributed by atoms with Gasteiger partial charge < -0.3 is 15.2 Å². The Morgan fingerprint density at radius 1 is 1.43 bits per heavy atom. The Labute approximate surface area is 172 Å². The fourth-order valence-electron chi connectivity index (χ4n) is 3.66. The molecule has 4 heterocycles. The van der Waals surface area contributed by atoms with Gasteiger partial charge in [-0.15, -0.1) is 0 Å². The molecule has 166 valence electrons. The third-order valence-corrected chi connectivity index (χ3v) is 6.62. The maximum absolute atomic E-state index is 15.9. The molecule has 0 spiro atoms. The van der Waals surface area contributed by atoms with E-state index in [4.69, 9.17) is 28.8 Å². The van der Waals surface area contributed by atoms with Crippen LogP contribution in [0, 0.1) is 0 Å². The summed E-state index contributed by atoms with van der Waals surface area (Å²) < 4.78 is 57.3. The van der Waals surface area contributed by atoms with E-state index in [2.05, 4.69) is 15.0 Å². The van der Waals surface area contributed by atoms with Crippen LogP contribution in [0.2, 0.25) is 0 Å². The van der Waals surface area contributed by atoms with Gasteiger partial charge >= 0.3 is 7.82 Å². The minimum absolute atomic E-state index is 0.0540. The first kappa shape index (κ1) is 21.4. The lowest BCUT2D eigenvalue weighted by atomic mass is 9.98. The van der Waals surface area contributed by atoms with E-state index in [1.165, 1.54) is 24.9 Å². The number of ether oxygens (including phenoxy) is 2. The minimum Gasteiger partial charge on any atom is -0.479 e. The summed E-state index contributed by atoms with van der Waals surface area (Å²) in [6.45, 7) is 3.43. The van der Waals surface area contributed by atoms with Gasteiger partial charge in [0, 0.05) is 0 Å². The number of alkyl halides is 1. The lowest BCUT2D eigenvalue weighted by Gasteiger charge is -2.33. The summed E-state index contributed by atoms with van der Waals surface area (Å²) in [7, 11) is -2.47. The number of imidazole rings is 1. The summed E-state index contributed by atoms with van der Waals surface area (Å²) in [4.78, 5) is 12.3. The van der Waals surface area contributed by atoms with Crippen molar-refractivity contribution in [2.75, 3.05) is 26.1 Å². The predicted octanol–water partition coefficient (Wildman–Crippen LogP) is 2.77. The van der Waals surface area contributed by atoms with E-state index in [1.54, 1.807) is 0 Å². The van der Waals surface area contributed by atoms with Gasteiger partial charge in [0.1, 0.15) is 12.2 Å². The second-order valence-electron chi connectivity index (χ2n) is 7.40. The van der Waals surface area contributed by atoms with Crippen LogP contribution in [0.3, 0.4) is 0 Å². The minimum atomic E-state index is -3.89. The topological polar surface area (TPSA) is 133 Å². The summed E-state index contributed by atoms with van der Waals surface area (Å²) in [5.41, 5.74) is 4.20. The molecule has 0 radical (unpaired) electrons. The predicted molar refractivity (Wildman–Crippen MR) is 104 cm³/mol. The van der Waals surface area contributed by atoms with E-state index in [9.17, 15) is 4.57 Å². The van der Waals surface area contributed by atoms with Crippen molar-refractivity contribution in [3.05, 3.63) is 6.33 Å². The molecule has 2 N–H and O–H groups in total. The number of nitrogens with zero attached hydrogens (tertiary/aromatic N) is 4. The number of anilines is 1. The largest absolute Gasteiger partial charge is 0.479 e. The van der Waals surface area contributed by atoms with Crippen molar-refractivity contribution < 1.29 is 32.0 Å². The highest BCUT2D eigenvalue weighted by atomic mass is 31.2. The average molecular weight is 445 g/mol. The van der Waals surface area contributed by atoms with Crippen molar-refractivity contribution in [2.24, 2.45) is 0 Å². The summed E-state index contributed by atoms with van der Waals surface area (Å²) in [6, 6.07) is 0. The van der Waals surface area contributed by atoms with Crippen LogP contribution < -0.4 is 10.5 Å². The molecule has 30 heavy (non-hydrogen) atoms. The first-order valence-corrected chi connectivity index (χ1v) is 11.2. The number of unbranched alkanes of at least 4 members (excludes halogenated alkanes) is 2. The van der Waals surface area contributed by atoms with Gasteiger partial charge in [0.15, 0.2) is 23.1 Å². The van der Waals surface area contributed by atoms with Crippen molar-refractivity contribution in [3.8, 4) is 5.88 Å². The SMILES string of the molecule is CCCCCOP1(=O)OC[C@H]2O[C@@H](n3cnc4c(OC)nc(N)nc43)[C@](C)(F)[C@@H]2O1. The Hall–Kier alpha value is -1.85. The fraction of sp³-hybridized carbons (Fsp3) is 0.706. The van der Waals surface area contributed by atoms with Gasteiger partial charge in [-0.1, -0.05) is 19.8 Å². The van der Waals surface area contributed by atoms with Gasteiger partial charge in [-0.25, -0.2) is 13.9 Å².